The minimum absolute atomic E-state index is 0.335. The van der Waals surface area contributed by atoms with Gasteiger partial charge in [0.1, 0.15) is 0 Å². The maximum Gasteiger partial charge on any atom is 0.343 e. The van der Waals surface area contributed by atoms with Crippen LogP contribution in [-0.4, -0.2) is 11.0 Å². The summed E-state index contributed by atoms with van der Waals surface area (Å²) < 4.78 is 5.10. The Morgan fingerprint density at radius 1 is 1.19 bits per heavy atom. The lowest BCUT2D eigenvalue weighted by Gasteiger charge is -2.03. The number of ether oxygens (including phenoxy) is 1. The van der Waals surface area contributed by atoms with Crippen molar-refractivity contribution < 1.29 is 9.53 Å². The zero-order valence-corrected chi connectivity index (χ0v) is 9.02. The fraction of sp³-hybridized carbons (Fsp3) is 0. The van der Waals surface area contributed by atoms with E-state index in [4.69, 9.17) is 16.3 Å². The fourth-order valence-electron chi connectivity index (χ4n) is 1.19. The van der Waals surface area contributed by atoms with E-state index in [1.54, 1.807) is 24.3 Å². The number of rotatable bonds is 2. The zero-order valence-electron chi connectivity index (χ0n) is 8.26. The van der Waals surface area contributed by atoms with E-state index in [9.17, 15) is 4.79 Å². The number of hydrogen-bond donors (Lipinski definition) is 0. The van der Waals surface area contributed by atoms with Gasteiger partial charge in [-0.25, -0.2) is 4.79 Å². The molecular weight excluding hydrogens is 226 g/mol. The van der Waals surface area contributed by atoms with Crippen LogP contribution in [0.15, 0.2) is 48.8 Å². The monoisotopic (exact) mass is 233 g/mol. The minimum atomic E-state index is -0.426. The third-order valence-corrected chi connectivity index (χ3v) is 2.11. The second kappa shape index (κ2) is 4.77. The summed E-state index contributed by atoms with van der Waals surface area (Å²) in [4.78, 5) is 15.5. The van der Waals surface area contributed by atoms with Gasteiger partial charge in [-0.1, -0.05) is 29.8 Å². The molecule has 2 rings (SSSR count). The molecule has 0 N–H and O–H groups in total. The van der Waals surface area contributed by atoms with Gasteiger partial charge in [-0.2, -0.15) is 0 Å². The molecule has 3 nitrogen and oxygen atoms in total. The number of pyridine rings is 1. The zero-order chi connectivity index (χ0) is 11.4. The van der Waals surface area contributed by atoms with Gasteiger partial charge in [0.15, 0.2) is 5.75 Å². The number of halogens is 1. The lowest BCUT2D eigenvalue weighted by Crippen LogP contribution is -2.08. The average Bonchev–Trinajstić information content (AvgIpc) is 2.30. The quantitative estimate of drug-likeness (QED) is 0.749. The van der Waals surface area contributed by atoms with Crippen molar-refractivity contribution in [2.75, 3.05) is 0 Å². The van der Waals surface area contributed by atoms with Gasteiger partial charge in [-0.3, -0.25) is 4.98 Å². The van der Waals surface area contributed by atoms with Crippen molar-refractivity contribution in [3.8, 4) is 5.75 Å². The van der Waals surface area contributed by atoms with E-state index < -0.39 is 5.97 Å². The second-order valence-electron chi connectivity index (χ2n) is 3.09. The first-order valence-corrected chi connectivity index (χ1v) is 5.01. The van der Waals surface area contributed by atoms with Crippen LogP contribution in [-0.2, 0) is 0 Å². The van der Waals surface area contributed by atoms with Gasteiger partial charge < -0.3 is 4.74 Å². The summed E-state index contributed by atoms with van der Waals surface area (Å²) in [7, 11) is 0. The van der Waals surface area contributed by atoms with E-state index in [2.05, 4.69) is 4.98 Å². The highest BCUT2D eigenvalue weighted by Gasteiger charge is 2.07. The summed E-state index contributed by atoms with van der Waals surface area (Å²) in [6, 6.07) is 10.3. The van der Waals surface area contributed by atoms with Gasteiger partial charge in [0.25, 0.3) is 0 Å². The largest absolute Gasteiger partial charge is 0.421 e. The maximum atomic E-state index is 11.6. The summed E-state index contributed by atoms with van der Waals surface area (Å²) >= 11 is 5.72. The summed E-state index contributed by atoms with van der Waals surface area (Å²) in [5.74, 6) is -0.0916. The van der Waals surface area contributed by atoms with Crippen LogP contribution in [0.2, 0.25) is 5.02 Å². The van der Waals surface area contributed by atoms with Gasteiger partial charge in [-0.15, -0.1) is 0 Å². The molecule has 0 unspecified atom stereocenters. The van der Waals surface area contributed by atoms with Gasteiger partial charge in [0, 0.05) is 12.3 Å². The number of carbonyl (C=O) groups is 1. The molecule has 2 aromatic rings. The predicted molar refractivity (Wildman–Crippen MR) is 60.6 cm³/mol. The van der Waals surface area contributed by atoms with Crippen LogP contribution >= 0.6 is 11.6 Å². The van der Waals surface area contributed by atoms with Crippen LogP contribution in [0.5, 0.6) is 5.75 Å². The molecule has 0 aliphatic rings. The molecule has 0 fully saturated rings. The van der Waals surface area contributed by atoms with Crippen LogP contribution in [0.25, 0.3) is 0 Å². The maximum absolute atomic E-state index is 11.6. The van der Waals surface area contributed by atoms with Crippen molar-refractivity contribution >= 4 is 17.6 Å². The number of esters is 1. The molecule has 0 saturated carbocycles. The highest BCUT2D eigenvalue weighted by Crippen LogP contribution is 2.16. The molecule has 16 heavy (non-hydrogen) atoms. The third kappa shape index (κ3) is 2.58. The minimum Gasteiger partial charge on any atom is -0.421 e. The van der Waals surface area contributed by atoms with Crippen molar-refractivity contribution in [2.45, 2.75) is 0 Å². The number of benzene rings is 1. The normalized spacial score (nSPS) is 9.81. The van der Waals surface area contributed by atoms with Gasteiger partial charge in [-0.05, 0) is 12.1 Å². The average molecular weight is 234 g/mol. The summed E-state index contributed by atoms with van der Waals surface area (Å²) in [5.41, 5.74) is 0.488. The molecular formula is C12H8ClNO2. The van der Waals surface area contributed by atoms with Crippen LogP contribution in [0.1, 0.15) is 10.4 Å². The Balaban J connectivity index is 2.14. The van der Waals surface area contributed by atoms with Crippen molar-refractivity contribution in [2.24, 2.45) is 0 Å². The highest BCUT2D eigenvalue weighted by atomic mass is 35.5. The fourth-order valence-corrected chi connectivity index (χ4v) is 1.35. The molecule has 0 spiro atoms. The smallest absolute Gasteiger partial charge is 0.343 e. The summed E-state index contributed by atoms with van der Waals surface area (Å²) in [5, 5.41) is 0.429. The molecule has 4 heteroatoms. The molecule has 0 radical (unpaired) electrons. The van der Waals surface area contributed by atoms with Gasteiger partial charge in [0.2, 0.25) is 0 Å². The molecule has 1 aromatic heterocycles. The van der Waals surface area contributed by atoms with E-state index in [1.165, 1.54) is 18.5 Å². The molecule has 0 saturated heterocycles. The first-order valence-electron chi connectivity index (χ1n) is 4.63. The van der Waals surface area contributed by atoms with E-state index in [-0.39, 0.29) is 0 Å². The summed E-state index contributed by atoms with van der Waals surface area (Å²) in [6.45, 7) is 0. The molecule has 1 heterocycles. The lowest BCUT2D eigenvalue weighted by atomic mass is 10.2. The van der Waals surface area contributed by atoms with Crippen LogP contribution in [0.4, 0.5) is 0 Å². The number of carbonyl (C=O) groups excluding carboxylic acids is 1. The Bertz CT molecular complexity index is 499. The molecule has 0 bridgehead atoms. The number of aromatic nitrogens is 1. The lowest BCUT2D eigenvalue weighted by molar-refractivity contribution is 0.0734. The number of nitrogens with zero attached hydrogens (tertiary/aromatic N) is 1. The Morgan fingerprint density at radius 2 is 1.94 bits per heavy atom. The molecule has 0 aliphatic carbocycles. The second-order valence-corrected chi connectivity index (χ2v) is 3.53. The third-order valence-electron chi connectivity index (χ3n) is 1.90. The van der Waals surface area contributed by atoms with E-state index in [0.717, 1.165) is 0 Å². The van der Waals surface area contributed by atoms with E-state index >= 15 is 0 Å². The van der Waals surface area contributed by atoms with Crippen molar-refractivity contribution in [1.82, 2.24) is 4.98 Å². The highest BCUT2D eigenvalue weighted by molar-refractivity contribution is 6.30. The molecule has 1 aromatic carbocycles. The van der Waals surface area contributed by atoms with Crippen molar-refractivity contribution in [3.05, 3.63) is 59.4 Å². The van der Waals surface area contributed by atoms with Gasteiger partial charge in [0.05, 0.1) is 16.8 Å². The molecule has 80 valence electrons. The van der Waals surface area contributed by atoms with E-state index in [0.29, 0.717) is 16.3 Å². The van der Waals surface area contributed by atoms with E-state index in [1.807, 2.05) is 6.07 Å². The molecule has 0 amide bonds. The predicted octanol–water partition coefficient (Wildman–Crippen LogP) is 2.95. The van der Waals surface area contributed by atoms with Crippen LogP contribution < -0.4 is 4.74 Å². The topological polar surface area (TPSA) is 39.2 Å². The Labute approximate surface area is 97.7 Å². The Hall–Kier alpha value is -1.87. The molecule has 0 atom stereocenters. The summed E-state index contributed by atoms with van der Waals surface area (Å²) in [6.07, 6.45) is 2.91. The number of hydrogen-bond acceptors (Lipinski definition) is 3. The SMILES string of the molecule is O=C(Oc1cncc(Cl)c1)c1ccccc1. The van der Waals surface area contributed by atoms with Crippen LogP contribution in [0, 0.1) is 0 Å². The Kier molecular flexibility index (Phi) is 3.17. The first kappa shape index (κ1) is 10.6. The van der Waals surface area contributed by atoms with Gasteiger partial charge >= 0.3 is 5.97 Å². The first-order chi connectivity index (χ1) is 7.75. The van der Waals surface area contributed by atoms with Crippen molar-refractivity contribution in [3.63, 3.8) is 0 Å². The molecule has 0 aliphatic heterocycles. The van der Waals surface area contributed by atoms with Crippen molar-refractivity contribution in [1.29, 1.82) is 0 Å². The standard InChI is InChI=1S/C12H8ClNO2/c13-10-6-11(8-14-7-10)16-12(15)9-4-2-1-3-5-9/h1-8H. The Morgan fingerprint density at radius 3 is 2.62 bits per heavy atom. The van der Waals surface area contributed by atoms with Crippen LogP contribution in [0.3, 0.4) is 0 Å².